The van der Waals surface area contributed by atoms with E-state index in [2.05, 4.69) is 15.4 Å². The highest BCUT2D eigenvalue weighted by Gasteiger charge is 2.63. The van der Waals surface area contributed by atoms with Crippen LogP contribution in [-0.2, 0) is 38.1 Å². The lowest BCUT2D eigenvalue weighted by Gasteiger charge is -2.42. The van der Waals surface area contributed by atoms with E-state index in [4.69, 9.17) is 18.9 Å². The average Bonchev–Trinajstić information content (AvgIpc) is 3.15. The Morgan fingerprint density at radius 3 is 2.36 bits per heavy atom. The van der Waals surface area contributed by atoms with Crippen molar-refractivity contribution in [3.8, 4) is 0 Å². The van der Waals surface area contributed by atoms with Crippen molar-refractivity contribution < 1.29 is 38.1 Å². The molecule has 0 aromatic carbocycles. The van der Waals surface area contributed by atoms with E-state index in [1.165, 1.54) is 34.0 Å². The van der Waals surface area contributed by atoms with Crippen LogP contribution >= 0.6 is 0 Å². The number of fused-ring (bicyclic) bond motifs is 1. The molecule has 1 fully saturated rings. The molecule has 180 valence electrons. The first-order valence-corrected chi connectivity index (χ1v) is 10.5. The molecular formula is C21H28N4O8. The molecule has 0 aliphatic carbocycles. The summed E-state index contributed by atoms with van der Waals surface area (Å²) in [6.45, 7) is 8.53. The molecule has 3 rings (SSSR count). The zero-order valence-corrected chi connectivity index (χ0v) is 19.4. The minimum Gasteiger partial charge on any atom is -0.463 e. The maximum atomic E-state index is 12.0. The fourth-order valence-electron chi connectivity index (χ4n) is 4.58. The number of rotatable bonds is 5. The SMILES string of the molecule is CC(=O)NC1=NC=NN2C1=CC(C)C2[C@]1(C)O[C@H](COC(C)=O)[C@@H](OC(C)=O)[C@H]1OC(C)=O. The molecule has 1 amide bonds. The van der Waals surface area contributed by atoms with E-state index in [1.807, 2.05) is 13.0 Å². The van der Waals surface area contributed by atoms with Crippen molar-refractivity contribution in [2.75, 3.05) is 6.61 Å². The predicted molar refractivity (Wildman–Crippen MR) is 114 cm³/mol. The molecule has 12 nitrogen and oxygen atoms in total. The van der Waals surface area contributed by atoms with Crippen molar-refractivity contribution in [3.05, 3.63) is 11.8 Å². The van der Waals surface area contributed by atoms with Gasteiger partial charge >= 0.3 is 17.9 Å². The quantitative estimate of drug-likeness (QED) is 0.447. The number of hydrogen-bond donors (Lipinski definition) is 1. The van der Waals surface area contributed by atoms with Crippen molar-refractivity contribution in [2.24, 2.45) is 16.0 Å². The zero-order valence-electron chi connectivity index (χ0n) is 19.4. The van der Waals surface area contributed by atoms with E-state index in [-0.39, 0.29) is 18.4 Å². The third-order valence-electron chi connectivity index (χ3n) is 5.60. The molecule has 0 bridgehead atoms. The van der Waals surface area contributed by atoms with Gasteiger partial charge in [-0.3, -0.25) is 24.2 Å². The van der Waals surface area contributed by atoms with E-state index in [0.717, 1.165) is 0 Å². The van der Waals surface area contributed by atoms with Crippen LogP contribution in [0.5, 0.6) is 0 Å². The van der Waals surface area contributed by atoms with E-state index in [9.17, 15) is 19.2 Å². The number of amidine groups is 1. The summed E-state index contributed by atoms with van der Waals surface area (Å²) >= 11 is 0. The van der Waals surface area contributed by atoms with Gasteiger partial charge in [-0.15, -0.1) is 0 Å². The molecular weight excluding hydrogens is 436 g/mol. The van der Waals surface area contributed by atoms with Gasteiger partial charge in [0.05, 0.1) is 11.7 Å². The Hall–Kier alpha value is -3.28. The molecule has 12 heteroatoms. The minimum atomic E-state index is -1.25. The Kier molecular flexibility index (Phi) is 6.86. The summed E-state index contributed by atoms with van der Waals surface area (Å²) in [7, 11) is 0. The highest BCUT2D eigenvalue weighted by atomic mass is 16.7. The number of carbonyl (C=O) groups is 4. The molecule has 1 saturated heterocycles. The van der Waals surface area contributed by atoms with Crippen LogP contribution < -0.4 is 5.32 Å². The smallest absolute Gasteiger partial charge is 0.303 e. The molecule has 2 unspecified atom stereocenters. The van der Waals surface area contributed by atoms with Crippen LogP contribution in [0, 0.1) is 5.92 Å². The molecule has 33 heavy (non-hydrogen) atoms. The molecule has 3 aliphatic heterocycles. The maximum Gasteiger partial charge on any atom is 0.303 e. The van der Waals surface area contributed by atoms with Gasteiger partial charge in [0.2, 0.25) is 5.91 Å². The molecule has 0 saturated carbocycles. The predicted octanol–water partition coefficient (Wildman–Crippen LogP) is 0.266. The van der Waals surface area contributed by atoms with Crippen LogP contribution in [0.4, 0.5) is 0 Å². The average molecular weight is 464 g/mol. The summed E-state index contributed by atoms with van der Waals surface area (Å²) < 4.78 is 22.6. The molecule has 1 N–H and O–H groups in total. The van der Waals surface area contributed by atoms with Crippen LogP contribution in [-0.4, -0.2) is 77.6 Å². The highest BCUT2D eigenvalue weighted by molar-refractivity contribution is 6.10. The first-order chi connectivity index (χ1) is 15.4. The second-order valence-corrected chi connectivity index (χ2v) is 8.34. The number of nitrogens with zero attached hydrogens (tertiary/aromatic N) is 3. The Bertz CT molecular complexity index is 945. The number of esters is 3. The second kappa shape index (κ2) is 9.30. The zero-order chi connectivity index (χ0) is 24.5. The Morgan fingerprint density at radius 2 is 1.79 bits per heavy atom. The summed E-state index contributed by atoms with van der Waals surface area (Å²) in [5.74, 6) is -1.91. The van der Waals surface area contributed by atoms with Gasteiger partial charge in [-0.2, -0.15) is 5.10 Å². The fraction of sp³-hybridized carbons (Fsp3) is 0.619. The first-order valence-electron chi connectivity index (χ1n) is 10.5. The lowest BCUT2D eigenvalue weighted by molar-refractivity contribution is -0.172. The highest BCUT2D eigenvalue weighted by Crippen LogP contribution is 2.46. The second-order valence-electron chi connectivity index (χ2n) is 8.34. The van der Waals surface area contributed by atoms with Crippen LogP contribution in [0.15, 0.2) is 21.9 Å². The summed E-state index contributed by atoms with van der Waals surface area (Å²) in [4.78, 5) is 51.1. The van der Waals surface area contributed by atoms with Gasteiger partial charge in [-0.1, -0.05) is 13.0 Å². The van der Waals surface area contributed by atoms with Gasteiger partial charge in [0.25, 0.3) is 0 Å². The van der Waals surface area contributed by atoms with Crippen LogP contribution in [0.1, 0.15) is 41.5 Å². The molecule has 3 heterocycles. The Labute approximate surface area is 191 Å². The number of carbonyl (C=O) groups excluding carboxylic acids is 4. The summed E-state index contributed by atoms with van der Waals surface area (Å²) in [5.41, 5.74) is -0.686. The molecule has 0 aromatic rings. The van der Waals surface area contributed by atoms with E-state index in [0.29, 0.717) is 11.5 Å². The lowest BCUT2D eigenvalue weighted by Crippen LogP contribution is -2.58. The van der Waals surface area contributed by atoms with Crippen molar-refractivity contribution in [2.45, 2.75) is 71.5 Å². The van der Waals surface area contributed by atoms with Gasteiger partial charge < -0.3 is 24.3 Å². The van der Waals surface area contributed by atoms with E-state index < -0.39 is 47.9 Å². The minimum absolute atomic E-state index is 0.204. The number of hydrazone groups is 1. The number of amides is 1. The standard InChI is InChI=1S/C21H28N4O8/c1-10-7-15-20(24-11(2)26)22-9-23-25(15)18(10)21(6)19(32-14(5)29)17(31-13(4)28)16(33-21)8-30-12(3)27/h7,9-10,16-19H,8H2,1-6H3,(H,22,23,24,26)/t10?,16-,17-,18?,19-,21+/m1/s1. The number of aliphatic imine (C=N–C) groups is 1. The van der Waals surface area contributed by atoms with Gasteiger partial charge in [0.15, 0.2) is 18.0 Å². The van der Waals surface area contributed by atoms with Gasteiger partial charge in [0.1, 0.15) is 24.7 Å². The largest absolute Gasteiger partial charge is 0.463 e. The molecule has 3 aliphatic rings. The molecule has 0 spiro atoms. The van der Waals surface area contributed by atoms with Gasteiger partial charge in [0, 0.05) is 33.6 Å². The number of nitrogens with one attached hydrogen (secondary N) is 1. The van der Waals surface area contributed by atoms with Crippen molar-refractivity contribution in [3.63, 3.8) is 0 Å². The number of ether oxygens (including phenoxy) is 4. The van der Waals surface area contributed by atoms with Crippen molar-refractivity contribution >= 4 is 36.0 Å². The van der Waals surface area contributed by atoms with E-state index >= 15 is 0 Å². The lowest BCUT2D eigenvalue weighted by atomic mass is 9.83. The Morgan fingerprint density at radius 1 is 1.12 bits per heavy atom. The van der Waals surface area contributed by atoms with Gasteiger partial charge in [-0.25, -0.2) is 4.99 Å². The Balaban J connectivity index is 1.99. The fourth-order valence-corrected chi connectivity index (χ4v) is 4.58. The topological polar surface area (TPSA) is 145 Å². The van der Waals surface area contributed by atoms with E-state index in [1.54, 1.807) is 11.9 Å². The molecule has 6 atom stereocenters. The van der Waals surface area contributed by atoms with Crippen molar-refractivity contribution in [1.29, 1.82) is 0 Å². The van der Waals surface area contributed by atoms with Crippen molar-refractivity contribution in [1.82, 2.24) is 10.3 Å². The maximum absolute atomic E-state index is 12.0. The van der Waals surface area contributed by atoms with Crippen LogP contribution in [0.3, 0.4) is 0 Å². The normalized spacial score (nSPS) is 32.4. The number of hydrogen-bond acceptors (Lipinski definition) is 11. The molecule has 0 radical (unpaired) electrons. The summed E-state index contributed by atoms with van der Waals surface area (Å²) in [5, 5.41) is 8.67. The van der Waals surface area contributed by atoms with Gasteiger partial charge in [-0.05, 0) is 6.92 Å². The summed E-state index contributed by atoms with van der Waals surface area (Å²) in [6.07, 6.45) is 0.227. The molecule has 0 aromatic heterocycles. The van der Waals surface area contributed by atoms with Crippen LogP contribution in [0.2, 0.25) is 0 Å². The third kappa shape index (κ3) is 4.90. The monoisotopic (exact) mass is 464 g/mol. The van der Waals surface area contributed by atoms with Crippen LogP contribution in [0.25, 0.3) is 0 Å². The first kappa shape index (κ1) is 24.4. The third-order valence-corrected chi connectivity index (χ3v) is 5.60. The summed E-state index contributed by atoms with van der Waals surface area (Å²) in [6, 6.07) is -0.534.